The zero-order valence-corrected chi connectivity index (χ0v) is 14.9. The van der Waals surface area contributed by atoms with Crippen LogP contribution in [0.1, 0.15) is 28.7 Å². The van der Waals surface area contributed by atoms with Crippen molar-refractivity contribution in [1.29, 1.82) is 0 Å². The van der Waals surface area contributed by atoms with Gasteiger partial charge in [-0.2, -0.15) is 13.2 Å². The first kappa shape index (κ1) is 18.5. The van der Waals surface area contributed by atoms with E-state index in [0.717, 1.165) is 16.7 Å². The van der Waals surface area contributed by atoms with Crippen LogP contribution in [0.4, 0.5) is 18.9 Å². The van der Waals surface area contributed by atoms with Crippen molar-refractivity contribution in [1.82, 2.24) is 9.38 Å². The largest absolute Gasteiger partial charge is 0.417 e. The van der Waals surface area contributed by atoms with Gasteiger partial charge in [0.15, 0.2) is 0 Å². The van der Waals surface area contributed by atoms with E-state index in [-0.39, 0.29) is 16.4 Å². The monoisotopic (exact) mass is 401 g/mol. The first-order valence-corrected chi connectivity index (χ1v) is 8.31. The van der Waals surface area contributed by atoms with Crippen LogP contribution in [0.25, 0.3) is 5.65 Å². The number of nitrogens with one attached hydrogen (secondary N) is 1. The number of halogens is 5. The number of hydrogen-bond donors (Lipinski definition) is 1. The smallest absolute Gasteiger partial charge is 0.319 e. The Kier molecular flexibility index (Phi) is 4.86. The predicted molar refractivity (Wildman–Crippen MR) is 94.0 cm³/mol. The molecule has 0 bridgehead atoms. The van der Waals surface area contributed by atoms with Crippen LogP contribution in [0.15, 0.2) is 36.5 Å². The lowest BCUT2D eigenvalue weighted by Crippen LogP contribution is -2.17. The molecule has 3 rings (SSSR count). The third kappa shape index (κ3) is 3.50. The van der Waals surface area contributed by atoms with Gasteiger partial charge in [0.25, 0.3) is 5.91 Å². The minimum absolute atomic E-state index is 0.0274. The molecule has 0 aliphatic carbocycles. The molecule has 0 spiro atoms. The maximum Gasteiger partial charge on any atom is 0.417 e. The molecule has 0 saturated carbocycles. The zero-order valence-electron chi connectivity index (χ0n) is 13.4. The van der Waals surface area contributed by atoms with Gasteiger partial charge in [-0.25, -0.2) is 4.98 Å². The average Bonchev–Trinajstić information content (AvgIpc) is 2.94. The summed E-state index contributed by atoms with van der Waals surface area (Å²) in [6.07, 6.45) is -3.29. The van der Waals surface area contributed by atoms with Gasteiger partial charge in [0, 0.05) is 11.2 Å². The first-order chi connectivity index (χ1) is 12.2. The van der Waals surface area contributed by atoms with E-state index >= 15 is 0 Å². The lowest BCUT2D eigenvalue weighted by atomic mass is 10.2. The van der Waals surface area contributed by atoms with Gasteiger partial charge >= 0.3 is 6.18 Å². The van der Waals surface area contributed by atoms with Gasteiger partial charge in [0.05, 0.1) is 22.0 Å². The fraction of sp³-hybridized carbons (Fsp3) is 0.176. The summed E-state index contributed by atoms with van der Waals surface area (Å²) in [5.74, 6) is -0.613. The summed E-state index contributed by atoms with van der Waals surface area (Å²) < 4.78 is 40.2. The Morgan fingerprint density at radius 1 is 1.23 bits per heavy atom. The van der Waals surface area contributed by atoms with E-state index in [1.807, 2.05) is 0 Å². The number of aryl methyl sites for hydroxylation is 1. The Hall–Kier alpha value is -2.25. The molecule has 9 heteroatoms. The molecule has 1 N–H and O–H groups in total. The van der Waals surface area contributed by atoms with Gasteiger partial charge < -0.3 is 5.32 Å². The van der Waals surface area contributed by atoms with Gasteiger partial charge in [-0.05, 0) is 36.8 Å². The van der Waals surface area contributed by atoms with Gasteiger partial charge in [-0.1, -0.05) is 30.1 Å². The number of imidazole rings is 1. The second-order valence-electron chi connectivity index (χ2n) is 5.48. The molecule has 0 radical (unpaired) electrons. The fourth-order valence-corrected chi connectivity index (χ4v) is 2.98. The van der Waals surface area contributed by atoms with Gasteiger partial charge in [0.2, 0.25) is 0 Å². The molecule has 0 aliphatic heterocycles. The van der Waals surface area contributed by atoms with E-state index < -0.39 is 17.6 Å². The molecule has 1 amide bonds. The molecule has 0 unspecified atom stereocenters. The average molecular weight is 402 g/mol. The van der Waals surface area contributed by atoms with Crippen LogP contribution < -0.4 is 5.32 Å². The molecule has 1 aromatic carbocycles. The third-order valence-corrected chi connectivity index (χ3v) is 4.30. The summed E-state index contributed by atoms with van der Waals surface area (Å²) in [5.41, 5.74) is 0.0856. The van der Waals surface area contributed by atoms with Crippen LogP contribution in [-0.2, 0) is 12.6 Å². The van der Waals surface area contributed by atoms with Crippen molar-refractivity contribution < 1.29 is 18.0 Å². The Morgan fingerprint density at radius 3 is 2.58 bits per heavy atom. The number of aromatic nitrogens is 2. The van der Waals surface area contributed by atoms with Crippen LogP contribution >= 0.6 is 23.2 Å². The number of benzene rings is 1. The quantitative estimate of drug-likeness (QED) is 0.631. The van der Waals surface area contributed by atoms with E-state index in [4.69, 9.17) is 23.2 Å². The van der Waals surface area contributed by atoms with Crippen molar-refractivity contribution in [3.63, 3.8) is 0 Å². The van der Waals surface area contributed by atoms with Gasteiger partial charge in [0.1, 0.15) is 11.3 Å². The van der Waals surface area contributed by atoms with Crippen LogP contribution in [0.3, 0.4) is 0 Å². The molecule has 2 heterocycles. The van der Waals surface area contributed by atoms with Crippen LogP contribution in [-0.4, -0.2) is 15.3 Å². The Labute approximate surface area is 156 Å². The van der Waals surface area contributed by atoms with Crippen molar-refractivity contribution >= 4 is 40.4 Å². The maximum absolute atomic E-state index is 13.0. The lowest BCUT2D eigenvalue weighted by molar-refractivity contribution is -0.137. The van der Waals surface area contributed by atoms with Crippen molar-refractivity contribution in [3.8, 4) is 0 Å². The topological polar surface area (TPSA) is 46.4 Å². The molecular formula is C17H12Cl2F3N3O. The van der Waals surface area contributed by atoms with E-state index in [1.165, 1.54) is 18.2 Å². The number of amides is 1. The lowest BCUT2D eigenvalue weighted by Gasteiger charge is -2.10. The predicted octanol–water partition coefficient (Wildman–Crippen LogP) is 5.47. The number of pyridine rings is 1. The number of carbonyl (C=O) groups excluding carboxylic acids is 1. The van der Waals surface area contributed by atoms with Crippen LogP contribution in [0, 0.1) is 0 Å². The summed E-state index contributed by atoms with van der Waals surface area (Å²) in [6, 6.07) is 6.67. The summed E-state index contributed by atoms with van der Waals surface area (Å²) in [7, 11) is 0. The normalized spacial score (nSPS) is 11.8. The highest BCUT2D eigenvalue weighted by atomic mass is 35.5. The van der Waals surface area contributed by atoms with E-state index in [1.54, 1.807) is 13.0 Å². The van der Waals surface area contributed by atoms with Crippen LogP contribution in [0.5, 0.6) is 0 Å². The first-order valence-electron chi connectivity index (χ1n) is 7.55. The molecule has 136 valence electrons. The highest BCUT2D eigenvalue weighted by Gasteiger charge is 2.32. The van der Waals surface area contributed by atoms with Crippen molar-refractivity contribution in [2.24, 2.45) is 0 Å². The standard InChI is InChI=1S/C17H12Cl2F3N3O/c1-2-12-15(16(26)24-13-5-4-10(18)7-11(13)19)25-8-9(17(20,21)22)3-6-14(25)23-12/h3-8H,2H2,1H3,(H,24,26). The molecule has 0 saturated heterocycles. The summed E-state index contributed by atoms with van der Waals surface area (Å²) >= 11 is 11.9. The van der Waals surface area contributed by atoms with Gasteiger partial charge in [-0.15, -0.1) is 0 Å². The van der Waals surface area contributed by atoms with Crippen molar-refractivity contribution in [2.75, 3.05) is 5.32 Å². The number of alkyl halides is 3. The zero-order chi connectivity index (χ0) is 19.1. The number of rotatable bonds is 3. The third-order valence-electron chi connectivity index (χ3n) is 3.75. The summed E-state index contributed by atoms with van der Waals surface area (Å²) in [5, 5.41) is 3.20. The minimum atomic E-state index is -4.53. The molecule has 0 atom stereocenters. The molecular weight excluding hydrogens is 390 g/mol. The second kappa shape index (κ2) is 6.81. The molecule has 0 fully saturated rings. The van der Waals surface area contributed by atoms with E-state index in [9.17, 15) is 18.0 Å². The molecule has 0 aliphatic rings. The number of carbonyl (C=O) groups is 1. The number of hydrogen-bond acceptors (Lipinski definition) is 2. The molecule has 3 aromatic rings. The molecule has 4 nitrogen and oxygen atoms in total. The summed E-state index contributed by atoms with van der Waals surface area (Å²) in [6.45, 7) is 1.76. The molecule has 26 heavy (non-hydrogen) atoms. The number of nitrogens with zero attached hydrogens (tertiary/aromatic N) is 2. The Balaban J connectivity index is 2.08. The highest BCUT2D eigenvalue weighted by molar-refractivity contribution is 6.36. The second-order valence-corrected chi connectivity index (χ2v) is 6.33. The Morgan fingerprint density at radius 2 is 1.96 bits per heavy atom. The summed E-state index contributed by atoms with van der Waals surface area (Å²) in [4.78, 5) is 17.0. The Bertz CT molecular complexity index is 999. The maximum atomic E-state index is 13.0. The van der Waals surface area contributed by atoms with E-state index in [2.05, 4.69) is 10.3 Å². The highest BCUT2D eigenvalue weighted by Crippen LogP contribution is 2.30. The van der Waals surface area contributed by atoms with E-state index in [0.29, 0.717) is 22.8 Å². The fourth-order valence-electron chi connectivity index (χ4n) is 2.52. The molecule has 2 aromatic heterocycles. The van der Waals surface area contributed by atoms with Crippen molar-refractivity contribution in [2.45, 2.75) is 19.5 Å². The number of fused-ring (bicyclic) bond motifs is 1. The van der Waals surface area contributed by atoms with Crippen molar-refractivity contribution in [3.05, 3.63) is 63.5 Å². The van der Waals surface area contributed by atoms with Gasteiger partial charge in [-0.3, -0.25) is 9.20 Å². The van der Waals surface area contributed by atoms with Crippen LogP contribution in [0.2, 0.25) is 10.0 Å². The minimum Gasteiger partial charge on any atom is -0.319 e. The SMILES string of the molecule is CCc1nc2ccc(C(F)(F)F)cn2c1C(=O)Nc1ccc(Cl)cc1Cl. The number of anilines is 1.